The highest BCUT2D eigenvalue weighted by Crippen LogP contribution is 2.39. The first-order valence-electron chi connectivity index (χ1n) is 19.0. The molecule has 0 spiro atoms. The monoisotopic (exact) mass is 739 g/mol. The summed E-state index contributed by atoms with van der Waals surface area (Å²) >= 11 is 0. The molecule has 0 radical (unpaired) electrons. The van der Waals surface area contributed by atoms with Gasteiger partial charge in [0.05, 0.1) is 4.90 Å². The van der Waals surface area contributed by atoms with Crippen molar-refractivity contribution in [1.82, 2.24) is 0 Å². The number of amides is 1. The predicted octanol–water partition coefficient (Wildman–Crippen LogP) is 12.0. The Hall–Kier alpha value is -4.30. The summed E-state index contributed by atoms with van der Waals surface area (Å²) in [5.74, 6) is 0.850. The van der Waals surface area contributed by atoms with Gasteiger partial charge in [-0.2, -0.15) is 0 Å². The molecule has 53 heavy (non-hydrogen) atoms. The van der Waals surface area contributed by atoms with Gasteiger partial charge >= 0.3 is 0 Å². The van der Waals surface area contributed by atoms with E-state index in [0.717, 1.165) is 52.2 Å². The lowest BCUT2D eigenvalue weighted by Gasteiger charge is -2.30. The molecular weight excluding hydrogens is 679 g/mol. The Morgan fingerprint density at radius 1 is 0.679 bits per heavy atom. The third kappa shape index (κ3) is 10.2. The van der Waals surface area contributed by atoms with Crippen molar-refractivity contribution >= 4 is 38.7 Å². The van der Waals surface area contributed by atoms with Crippen molar-refractivity contribution in [2.75, 3.05) is 22.0 Å². The molecule has 0 heterocycles. The second-order valence-corrected chi connectivity index (χ2v) is 18.0. The summed E-state index contributed by atoms with van der Waals surface area (Å²) in [7, 11) is -3.86. The van der Waals surface area contributed by atoms with Gasteiger partial charge in [0, 0.05) is 28.3 Å². The van der Waals surface area contributed by atoms with Crippen LogP contribution in [0.2, 0.25) is 0 Å². The van der Waals surface area contributed by atoms with Crippen molar-refractivity contribution in [2.45, 2.75) is 129 Å². The van der Waals surface area contributed by atoms with E-state index in [1.54, 1.807) is 12.1 Å². The summed E-state index contributed by atoms with van der Waals surface area (Å²) in [4.78, 5) is 13.4. The van der Waals surface area contributed by atoms with E-state index in [1.807, 2.05) is 82.3 Å². The van der Waals surface area contributed by atoms with Gasteiger partial charge in [0.15, 0.2) is 6.61 Å². The summed E-state index contributed by atoms with van der Waals surface area (Å²) in [6.07, 6.45) is 1.96. The number of carbonyl (C=O) groups is 1. The molecule has 0 atom stereocenters. The molecule has 0 unspecified atom stereocenters. The first-order chi connectivity index (χ1) is 24.8. The van der Waals surface area contributed by atoms with E-state index in [0.29, 0.717) is 22.2 Å². The Labute approximate surface area is 319 Å². The molecule has 0 aliphatic carbocycles. The highest BCUT2D eigenvalue weighted by molar-refractivity contribution is 7.92. The second-order valence-electron chi connectivity index (χ2n) is 16.4. The first kappa shape index (κ1) is 41.5. The first-order valence-corrected chi connectivity index (χ1v) is 20.5. The van der Waals surface area contributed by atoms with Gasteiger partial charge in [-0.3, -0.25) is 9.52 Å². The normalized spacial score (nSPS) is 12.4. The van der Waals surface area contributed by atoms with Gasteiger partial charge in [-0.05, 0) is 112 Å². The highest BCUT2D eigenvalue weighted by atomic mass is 32.2. The second kappa shape index (κ2) is 16.8. The molecule has 1 amide bonds. The molecule has 7 nitrogen and oxygen atoms in total. The van der Waals surface area contributed by atoms with Gasteiger partial charge < -0.3 is 15.4 Å². The van der Waals surface area contributed by atoms with E-state index in [4.69, 9.17) is 4.74 Å². The van der Waals surface area contributed by atoms with E-state index in [-0.39, 0.29) is 35.2 Å². The van der Waals surface area contributed by atoms with E-state index < -0.39 is 10.0 Å². The lowest BCUT2D eigenvalue weighted by atomic mass is 9.76. The molecular formula is C45H61N3O4S. The predicted molar refractivity (Wildman–Crippen MR) is 223 cm³/mol. The van der Waals surface area contributed by atoms with Crippen LogP contribution in [-0.2, 0) is 25.6 Å². The molecule has 286 valence electrons. The number of nitrogens with one attached hydrogen (secondary N) is 3. The number of rotatable bonds is 16. The topological polar surface area (TPSA) is 96.5 Å². The van der Waals surface area contributed by atoms with Gasteiger partial charge in [-0.25, -0.2) is 8.42 Å². The summed E-state index contributed by atoms with van der Waals surface area (Å²) in [5.41, 5.74) is 7.77. The third-order valence-corrected chi connectivity index (χ3v) is 12.1. The van der Waals surface area contributed by atoms with Crippen LogP contribution < -0.4 is 20.1 Å². The standard InChI is InChI=1S/C45H61N3O4S/c1-13-44(9,10)33-18-23-41(40(26-33)45(11,12)14-2)52-28-42(49)47-37-17-15-16-36(27-37)46-34-19-21-35(22-20-34)48-53(50,51)43-38(30(5)6)24-32(29(3)4)25-39(43)31(7)8/h15-27,29-31,46,48H,13-14,28H2,1-12H3,(H,47,49). The third-order valence-electron chi connectivity index (χ3n) is 10.5. The van der Waals surface area contributed by atoms with Crippen molar-refractivity contribution in [3.05, 3.63) is 107 Å². The number of sulfonamides is 1. The van der Waals surface area contributed by atoms with E-state index >= 15 is 0 Å². The maximum Gasteiger partial charge on any atom is 0.262 e. The Morgan fingerprint density at radius 2 is 1.25 bits per heavy atom. The summed E-state index contributed by atoms with van der Waals surface area (Å²) in [5, 5.41) is 6.31. The van der Waals surface area contributed by atoms with Gasteiger partial charge in [-0.15, -0.1) is 0 Å². The van der Waals surface area contributed by atoms with Crippen LogP contribution in [0.5, 0.6) is 5.75 Å². The van der Waals surface area contributed by atoms with Gasteiger partial charge in [-0.1, -0.05) is 113 Å². The average molecular weight is 740 g/mol. The number of anilines is 4. The minimum atomic E-state index is -3.86. The Kier molecular flexibility index (Phi) is 13.1. The van der Waals surface area contributed by atoms with Crippen LogP contribution >= 0.6 is 0 Å². The van der Waals surface area contributed by atoms with Crippen LogP contribution in [-0.4, -0.2) is 20.9 Å². The minimum absolute atomic E-state index is 0.0408. The molecule has 0 bridgehead atoms. The van der Waals surface area contributed by atoms with Crippen LogP contribution in [0.3, 0.4) is 0 Å². The van der Waals surface area contributed by atoms with Gasteiger partial charge in [0.2, 0.25) is 0 Å². The van der Waals surface area contributed by atoms with Crippen molar-refractivity contribution in [3.63, 3.8) is 0 Å². The van der Waals surface area contributed by atoms with Gasteiger partial charge in [0.25, 0.3) is 15.9 Å². The molecule has 8 heteroatoms. The number of hydrogen-bond donors (Lipinski definition) is 3. The molecule has 4 aromatic carbocycles. The molecule has 0 saturated carbocycles. The van der Waals surface area contributed by atoms with Crippen LogP contribution in [0.1, 0.15) is 141 Å². The lowest BCUT2D eigenvalue weighted by Crippen LogP contribution is -2.24. The number of carbonyl (C=O) groups excluding carboxylic acids is 1. The Balaban J connectivity index is 1.45. The maximum absolute atomic E-state index is 13.9. The van der Waals surface area contributed by atoms with Crippen molar-refractivity contribution in [3.8, 4) is 5.75 Å². The molecule has 0 aliphatic rings. The number of benzene rings is 4. The van der Waals surface area contributed by atoms with E-state index in [9.17, 15) is 13.2 Å². The minimum Gasteiger partial charge on any atom is -0.483 e. The van der Waals surface area contributed by atoms with E-state index in [2.05, 4.69) is 82.9 Å². The molecule has 3 N–H and O–H groups in total. The van der Waals surface area contributed by atoms with Crippen LogP contribution in [0, 0.1) is 0 Å². The van der Waals surface area contributed by atoms with Crippen LogP contribution in [0.15, 0.2) is 83.8 Å². The molecule has 0 aliphatic heterocycles. The van der Waals surface area contributed by atoms with Crippen molar-refractivity contribution in [2.24, 2.45) is 0 Å². The molecule has 4 rings (SSSR count). The Bertz CT molecular complexity index is 1970. The maximum atomic E-state index is 13.9. The summed E-state index contributed by atoms with van der Waals surface area (Å²) in [6, 6.07) is 25.0. The molecule has 4 aromatic rings. The fourth-order valence-electron chi connectivity index (χ4n) is 6.21. The largest absolute Gasteiger partial charge is 0.483 e. The average Bonchev–Trinajstić information content (AvgIpc) is 3.10. The van der Waals surface area contributed by atoms with Crippen molar-refractivity contribution < 1.29 is 17.9 Å². The fourth-order valence-corrected chi connectivity index (χ4v) is 7.97. The van der Waals surface area contributed by atoms with Gasteiger partial charge in [0.1, 0.15) is 5.75 Å². The highest BCUT2D eigenvalue weighted by Gasteiger charge is 2.28. The molecule has 0 aromatic heterocycles. The zero-order valence-electron chi connectivity index (χ0n) is 33.9. The molecule has 0 saturated heterocycles. The van der Waals surface area contributed by atoms with Crippen LogP contribution in [0.4, 0.5) is 22.7 Å². The lowest BCUT2D eigenvalue weighted by molar-refractivity contribution is -0.118. The summed E-state index contributed by atoms with van der Waals surface area (Å²) < 4.78 is 36.8. The number of hydrogen-bond acceptors (Lipinski definition) is 5. The zero-order chi connectivity index (χ0) is 39.3. The summed E-state index contributed by atoms with van der Waals surface area (Å²) in [6.45, 7) is 25.6. The quantitative estimate of drug-likeness (QED) is 0.106. The zero-order valence-corrected chi connectivity index (χ0v) is 34.7. The SMILES string of the molecule is CCC(C)(C)c1ccc(OCC(=O)Nc2cccc(Nc3ccc(NS(=O)(=O)c4c(C(C)C)cc(C(C)C)cc4C(C)C)cc3)c2)c(C(C)(C)CC)c1. The van der Waals surface area contributed by atoms with E-state index in [1.165, 1.54) is 5.56 Å². The van der Waals surface area contributed by atoms with Crippen molar-refractivity contribution in [1.29, 1.82) is 0 Å². The Morgan fingerprint density at radius 3 is 1.79 bits per heavy atom. The number of ether oxygens (including phenoxy) is 1. The van der Waals surface area contributed by atoms with Crippen LogP contribution in [0.25, 0.3) is 0 Å². The fraction of sp³-hybridized carbons (Fsp3) is 0.444. The smallest absolute Gasteiger partial charge is 0.262 e. The molecule has 0 fully saturated rings.